The minimum atomic E-state index is -4.87. The van der Waals surface area contributed by atoms with Crippen molar-refractivity contribution in [3.8, 4) is 5.69 Å². The van der Waals surface area contributed by atoms with Crippen LogP contribution in [0.5, 0.6) is 0 Å². The average Bonchev–Trinajstić information content (AvgIpc) is 3.28. The molecule has 2 heterocycles. The number of aromatic nitrogens is 5. The second-order valence-corrected chi connectivity index (χ2v) is 7.65. The molecule has 2 aromatic carbocycles. The van der Waals surface area contributed by atoms with Crippen molar-refractivity contribution >= 4 is 39.8 Å². The Balaban J connectivity index is 1.76. The fourth-order valence-electron chi connectivity index (χ4n) is 2.55. The third kappa shape index (κ3) is 3.31. The first-order valence-electron chi connectivity index (χ1n) is 7.60. The van der Waals surface area contributed by atoms with E-state index in [2.05, 4.69) is 20.5 Å². The molecular formula is C16H8F3N5O2S2. The van der Waals surface area contributed by atoms with Gasteiger partial charge in [0.25, 0.3) is 0 Å². The molecule has 0 atom stereocenters. The van der Waals surface area contributed by atoms with Gasteiger partial charge in [-0.05, 0) is 33.6 Å². The summed E-state index contributed by atoms with van der Waals surface area (Å²) >= 11 is 1.19. The number of halogens is 3. The van der Waals surface area contributed by atoms with E-state index in [0.29, 0.717) is 17.0 Å². The summed E-state index contributed by atoms with van der Waals surface area (Å²) in [6.45, 7) is 0. The Kier molecular flexibility index (Phi) is 4.51. The molecule has 4 aromatic rings. The highest BCUT2D eigenvalue weighted by molar-refractivity contribution is 8.00. The molecule has 0 bridgehead atoms. The topological polar surface area (TPSA) is 93.8 Å². The molecule has 2 aromatic heterocycles. The lowest BCUT2D eigenvalue weighted by Crippen LogP contribution is -2.11. The summed E-state index contributed by atoms with van der Waals surface area (Å²) in [6, 6.07) is 13.0. The van der Waals surface area contributed by atoms with Gasteiger partial charge < -0.3 is 5.11 Å². The Labute approximate surface area is 162 Å². The van der Waals surface area contributed by atoms with Gasteiger partial charge in [-0.25, -0.2) is 9.78 Å². The summed E-state index contributed by atoms with van der Waals surface area (Å²) < 4.78 is 40.4. The van der Waals surface area contributed by atoms with Crippen molar-refractivity contribution < 1.29 is 23.1 Å². The van der Waals surface area contributed by atoms with Crippen LogP contribution in [0.15, 0.2) is 52.0 Å². The smallest absolute Gasteiger partial charge is 0.435 e. The number of carboxylic acids is 1. The number of tetrazole rings is 1. The van der Waals surface area contributed by atoms with E-state index in [-0.39, 0.29) is 9.50 Å². The highest BCUT2D eigenvalue weighted by Gasteiger charge is 2.40. The third-order valence-corrected chi connectivity index (χ3v) is 5.73. The van der Waals surface area contributed by atoms with Crippen molar-refractivity contribution in [2.75, 3.05) is 0 Å². The fourth-order valence-corrected chi connectivity index (χ4v) is 4.44. The molecule has 0 saturated carbocycles. The van der Waals surface area contributed by atoms with Gasteiger partial charge >= 0.3 is 12.1 Å². The molecule has 0 aliphatic rings. The summed E-state index contributed by atoms with van der Waals surface area (Å²) in [5.41, 5.74) is -0.798. The second kappa shape index (κ2) is 6.87. The van der Waals surface area contributed by atoms with Gasteiger partial charge in [0.15, 0.2) is 10.0 Å². The van der Waals surface area contributed by atoms with Gasteiger partial charge in [-0.3, -0.25) is 0 Å². The van der Waals surface area contributed by atoms with Crippen molar-refractivity contribution in [3.05, 3.63) is 53.0 Å². The zero-order valence-electron chi connectivity index (χ0n) is 13.6. The Morgan fingerprint density at radius 2 is 1.89 bits per heavy atom. The normalized spacial score (nSPS) is 11.8. The van der Waals surface area contributed by atoms with Crippen molar-refractivity contribution in [2.45, 2.75) is 15.7 Å². The first-order chi connectivity index (χ1) is 13.3. The number of nitrogens with zero attached hydrogens (tertiary/aromatic N) is 5. The van der Waals surface area contributed by atoms with Gasteiger partial charge in [-0.2, -0.15) is 17.9 Å². The molecule has 142 valence electrons. The van der Waals surface area contributed by atoms with E-state index in [0.717, 1.165) is 22.5 Å². The number of fused-ring (bicyclic) bond motifs is 1. The molecule has 1 N–H and O–H groups in total. The van der Waals surface area contributed by atoms with Gasteiger partial charge in [-0.1, -0.05) is 47.7 Å². The SMILES string of the molecule is O=C(O)c1sc(Sc2nnnn2-c2cccc3ccccc23)nc1C(F)(F)F. The van der Waals surface area contributed by atoms with Crippen LogP contribution in [0.3, 0.4) is 0 Å². The zero-order chi connectivity index (χ0) is 19.9. The van der Waals surface area contributed by atoms with Gasteiger partial charge in [-0.15, -0.1) is 5.10 Å². The van der Waals surface area contributed by atoms with Crippen LogP contribution in [0, 0.1) is 0 Å². The van der Waals surface area contributed by atoms with Crippen LogP contribution in [-0.2, 0) is 6.18 Å². The Morgan fingerprint density at radius 3 is 2.61 bits per heavy atom. The predicted molar refractivity (Wildman–Crippen MR) is 94.9 cm³/mol. The van der Waals surface area contributed by atoms with Crippen molar-refractivity contribution in [1.29, 1.82) is 0 Å². The molecule has 0 fully saturated rings. The van der Waals surface area contributed by atoms with Crippen LogP contribution in [0.25, 0.3) is 16.5 Å². The summed E-state index contributed by atoms with van der Waals surface area (Å²) in [7, 11) is 0. The number of rotatable bonds is 4. The minimum Gasteiger partial charge on any atom is -0.477 e. The van der Waals surface area contributed by atoms with Crippen molar-refractivity contribution in [2.24, 2.45) is 0 Å². The number of alkyl halides is 3. The molecule has 12 heteroatoms. The Bertz CT molecular complexity index is 1180. The summed E-state index contributed by atoms with van der Waals surface area (Å²) in [5.74, 6) is -1.69. The molecule has 0 unspecified atom stereocenters. The quantitative estimate of drug-likeness (QED) is 0.527. The van der Waals surface area contributed by atoms with Crippen LogP contribution < -0.4 is 0 Å². The summed E-state index contributed by atoms with van der Waals surface area (Å²) in [5, 5.41) is 22.3. The number of carboxylic acid groups (broad SMARTS) is 1. The van der Waals surface area contributed by atoms with Crippen LogP contribution in [0.1, 0.15) is 15.4 Å². The maximum atomic E-state index is 13.0. The lowest BCUT2D eigenvalue weighted by Gasteiger charge is -2.07. The lowest BCUT2D eigenvalue weighted by molar-refractivity contribution is -0.141. The van der Waals surface area contributed by atoms with Crippen LogP contribution >= 0.6 is 23.1 Å². The first kappa shape index (κ1) is 18.4. The largest absolute Gasteiger partial charge is 0.477 e. The van der Waals surface area contributed by atoms with Gasteiger partial charge in [0.2, 0.25) is 5.16 Å². The highest BCUT2D eigenvalue weighted by atomic mass is 32.2. The average molecular weight is 423 g/mol. The molecule has 0 saturated heterocycles. The lowest BCUT2D eigenvalue weighted by atomic mass is 10.1. The van der Waals surface area contributed by atoms with E-state index >= 15 is 0 Å². The van der Waals surface area contributed by atoms with Crippen molar-refractivity contribution in [3.63, 3.8) is 0 Å². The molecule has 0 radical (unpaired) electrons. The number of aromatic carboxylic acids is 1. The Hall–Kier alpha value is -2.99. The fraction of sp³-hybridized carbons (Fsp3) is 0.0625. The number of carbonyl (C=O) groups is 1. The molecule has 0 spiro atoms. The second-order valence-electron chi connectivity index (χ2n) is 5.43. The standard InChI is InChI=1S/C16H8F3N5O2S2/c17-16(18,19)12-11(13(25)26)27-15(20-12)28-14-21-22-23-24(14)10-7-3-5-8-4-1-2-6-9(8)10/h1-7H,(H,25,26). The molecule has 0 aliphatic heterocycles. The first-order valence-corrected chi connectivity index (χ1v) is 9.23. The van der Waals surface area contributed by atoms with E-state index in [1.54, 1.807) is 6.07 Å². The van der Waals surface area contributed by atoms with Crippen LogP contribution in [0.2, 0.25) is 0 Å². The molecule has 0 aliphatic carbocycles. The summed E-state index contributed by atoms with van der Waals surface area (Å²) in [6.07, 6.45) is -4.87. The third-order valence-electron chi connectivity index (χ3n) is 3.68. The van der Waals surface area contributed by atoms with Crippen molar-refractivity contribution in [1.82, 2.24) is 25.2 Å². The van der Waals surface area contributed by atoms with Crippen LogP contribution in [0.4, 0.5) is 13.2 Å². The van der Waals surface area contributed by atoms with E-state index in [4.69, 9.17) is 5.11 Å². The molecule has 28 heavy (non-hydrogen) atoms. The zero-order valence-corrected chi connectivity index (χ0v) is 15.2. The molecular weight excluding hydrogens is 415 g/mol. The monoisotopic (exact) mass is 423 g/mol. The van der Waals surface area contributed by atoms with E-state index in [9.17, 15) is 18.0 Å². The van der Waals surface area contributed by atoms with E-state index in [1.165, 1.54) is 4.68 Å². The Morgan fingerprint density at radius 1 is 1.14 bits per heavy atom. The molecule has 0 amide bonds. The number of hydrogen-bond donors (Lipinski definition) is 1. The maximum Gasteiger partial charge on any atom is 0.435 e. The highest BCUT2D eigenvalue weighted by Crippen LogP contribution is 2.39. The van der Waals surface area contributed by atoms with E-state index in [1.807, 2.05) is 36.4 Å². The minimum absolute atomic E-state index is 0.124. The number of thiazole rings is 1. The van der Waals surface area contributed by atoms with Gasteiger partial charge in [0, 0.05) is 5.39 Å². The van der Waals surface area contributed by atoms with Crippen LogP contribution in [-0.4, -0.2) is 36.3 Å². The maximum absolute atomic E-state index is 13.0. The summed E-state index contributed by atoms with van der Waals surface area (Å²) in [4.78, 5) is 13.7. The van der Waals surface area contributed by atoms with Gasteiger partial charge in [0.1, 0.15) is 4.88 Å². The predicted octanol–water partition coefficient (Wildman–Crippen LogP) is 4.14. The van der Waals surface area contributed by atoms with Gasteiger partial charge in [0.05, 0.1) is 5.69 Å². The molecule has 7 nitrogen and oxygen atoms in total. The number of benzene rings is 2. The van der Waals surface area contributed by atoms with E-state index < -0.39 is 22.7 Å². The molecule has 4 rings (SSSR count). The number of hydrogen-bond acceptors (Lipinski definition) is 7.